The number of halogens is 1. The molecular weight excluding hydrogens is 403 g/mol. The number of hydrogen-bond donors (Lipinski definition) is 2. The van der Waals surface area contributed by atoms with Crippen LogP contribution in [0.5, 0.6) is 11.5 Å². The molecule has 31 heavy (non-hydrogen) atoms. The molecular formula is C23H27FN2O5. The maximum Gasteiger partial charge on any atom is 0.318 e. The number of hydrogen-bond acceptors (Lipinski definition) is 4. The molecule has 0 aliphatic carbocycles. The molecule has 2 N–H and O–H groups in total. The van der Waals surface area contributed by atoms with Gasteiger partial charge >= 0.3 is 12.0 Å². The number of ether oxygens (including phenoxy) is 2. The summed E-state index contributed by atoms with van der Waals surface area (Å²) >= 11 is 0. The summed E-state index contributed by atoms with van der Waals surface area (Å²) in [4.78, 5) is 26.0. The lowest BCUT2D eigenvalue weighted by atomic mass is 9.90. The Morgan fingerprint density at radius 1 is 1.13 bits per heavy atom. The van der Waals surface area contributed by atoms with Crippen molar-refractivity contribution in [3.05, 3.63) is 58.9 Å². The summed E-state index contributed by atoms with van der Waals surface area (Å²) in [5.41, 5.74) is 2.44. The van der Waals surface area contributed by atoms with Gasteiger partial charge in [-0.25, -0.2) is 9.18 Å². The van der Waals surface area contributed by atoms with E-state index in [1.807, 2.05) is 19.9 Å². The van der Waals surface area contributed by atoms with Crippen LogP contribution in [-0.4, -0.2) is 41.8 Å². The van der Waals surface area contributed by atoms with E-state index in [1.54, 1.807) is 18.2 Å². The SMILES string of the molecule is CCOc1cc2c(cc1OCC)[C@@H](CC(=O)O)N(C(=O)NCc1ccc(F)cc1)CC2. The van der Waals surface area contributed by atoms with Crippen LogP contribution in [0.1, 0.15) is 43.0 Å². The molecule has 1 heterocycles. The van der Waals surface area contributed by atoms with E-state index in [1.165, 1.54) is 17.0 Å². The number of nitrogens with one attached hydrogen (secondary N) is 1. The van der Waals surface area contributed by atoms with E-state index < -0.39 is 12.0 Å². The van der Waals surface area contributed by atoms with Gasteiger partial charge < -0.3 is 24.8 Å². The average Bonchev–Trinajstić information content (AvgIpc) is 2.74. The Morgan fingerprint density at radius 2 is 1.77 bits per heavy atom. The van der Waals surface area contributed by atoms with Crippen LogP contribution >= 0.6 is 0 Å². The van der Waals surface area contributed by atoms with Crippen molar-refractivity contribution in [3.8, 4) is 11.5 Å². The molecule has 0 spiro atoms. The van der Waals surface area contributed by atoms with E-state index >= 15 is 0 Å². The van der Waals surface area contributed by atoms with Crippen molar-refractivity contribution in [2.45, 2.75) is 39.3 Å². The Labute approximate surface area is 180 Å². The Kier molecular flexibility index (Phi) is 7.33. The fourth-order valence-electron chi connectivity index (χ4n) is 3.76. The molecule has 8 heteroatoms. The monoisotopic (exact) mass is 430 g/mol. The van der Waals surface area contributed by atoms with Crippen LogP contribution in [-0.2, 0) is 17.8 Å². The third-order valence-electron chi connectivity index (χ3n) is 5.15. The maximum absolute atomic E-state index is 13.1. The number of benzene rings is 2. The first kappa shape index (κ1) is 22.4. The van der Waals surface area contributed by atoms with Gasteiger partial charge in [-0.3, -0.25) is 4.79 Å². The molecule has 0 radical (unpaired) electrons. The minimum Gasteiger partial charge on any atom is -0.490 e. The van der Waals surface area contributed by atoms with Crippen molar-refractivity contribution in [2.75, 3.05) is 19.8 Å². The smallest absolute Gasteiger partial charge is 0.318 e. The van der Waals surface area contributed by atoms with Gasteiger partial charge in [0, 0.05) is 13.1 Å². The lowest BCUT2D eigenvalue weighted by Crippen LogP contribution is -2.46. The second-order valence-electron chi connectivity index (χ2n) is 7.21. The molecule has 1 aliphatic heterocycles. The van der Waals surface area contributed by atoms with Gasteiger partial charge in [-0.15, -0.1) is 0 Å². The maximum atomic E-state index is 13.1. The van der Waals surface area contributed by atoms with Crippen molar-refractivity contribution in [3.63, 3.8) is 0 Å². The summed E-state index contributed by atoms with van der Waals surface area (Å²) in [6.07, 6.45) is 0.346. The van der Waals surface area contributed by atoms with Gasteiger partial charge in [0.15, 0.2) is 11.5 Å². The van der Waals surface area contributed by atoms with Crippen LogP contribution in [0.15, 0.2) is 36.4 Å². The number of rotatable bonds is 8. The van der Waals surface area contributed by atoms with Crippen LogP contribution < -0.4 is 14.8 Å². The van der Waals surface area contributed by atoms with E-state index in [0.29, 0.717) is 37.7 Å². The largest absolute Gasteiger partial charge is 0.490 e. The molecule has 2 aromatic rings. The Hall–Kier alpha value is -3.29. The molecule has 0 fully saturated rings. The second kappa shape index (κ2) is 10.1. The molecule has 2 aromatic carbocycles. The summed E-state index contributed by atoms with van der Waals surface area (Å²) in [6, 6.07) is 8.52. The fraction of sp³-hybridized carbons (Fsp3) is 0.391. The van der Waals surface area contributed by atoms with Crippen LogP contribution in [0.4, 0.5) is 9.18 Å². The Bertz CT molecular complexity index is 932. The van der Waals surface area contributed by atoms with Crippen LogP contribution in [0.3, 0.4) is 0 Å². The zero-order valence-electron chi connectivity index (χ0n) is 17.7. The second-order valence-corrected chi connectivity index (χ2v) is 7.21. The molecule has 0 saturated heterocycles. The van der Waals surface area contributed by atoms with E-state index in [0.717, 1.165) is 16.7 Å². The zero-order chi connectivity index (χ0) is 22.4. The predicted molar refractivity (Wildman–Crippen MR) is 113 cm³/mol. The number of carbonyl (C=O) groups excluding carboxylic acids is 1. The van der Waals surface area contributed by atoms with E-state index in [4.69, 9.17) is 9.47 Å². The molecule has 0 saturated carbocycles. The summed E-state index contributed by atoms with van der Waals surface area (Å²) < 4.78 is 24.5. The number of urea groups is 1. The number of aliphatic carboxylic acids is 1. The number of nitrogens with zero attached hydrogens (tertiary/aromatic N) is 1. The number of fused-ring (bicyclic) bond motifs is 1. The molecule has 1 aliphatic rings. The standard InChI is InChI=1S/C23H27FN2O5/c1-3-30-20-11-16-9-10-26(23(29)25-14-15-5-7-17(24)8-6-15)19(13-22(27)28)18(16)12-21(20)31-4-2/h5-8,11-12,19H,3-4,9-10,13-14H2,1-2H3,(H,25,29)(H,27,28)/t19-/m1/s1. The molecule has 0 aromatic heterocycles. The Morgan fingerprint density at radius 3 is 2.39 bits per heavy atom. The summed E-state index contributed by atoms with van der Waals surface area (Å²) in [7, 11) is 0. The summed E-state index contributed by atoms with van der Waals surface area (Å²) in [6.45, 7) is 5.25. The predicted octanol–water partition coefficient (Wildman–Crippen LogP) is 3.91. The lowest BCUT2D eigenvalue weighted by Gasteiger charge is -2.37. The van der Waals surface area contributed by atoms with E-state index in [-0.39, 0.29) is 24.8 Å². The van der Waals surface area contributed by atoms with Crippen molar-refractivity contribution in [2.24, 2.45) is 0 Å². The van der Waals surface area contributed by atoms with E-state index in [9.17, 15) is 19.1 Å². The van der Waals surface area contributed by atoms with Crippen molar-refractivity contribution in [1.29, 1.82) is 0 Å². The Balaban J connectivity index is 1.85. The van der Waals surface area contributed by atoms with Gasteiger partial charge in [0.2, 0.25) is 0 Å². The van der Waals surface area contributed by atoms with Gasteiger partial charge in [-0.2, -0.15) is 0 Å². The first-order valence-electron chi connectivity index (χ1n) is 10.4. The first-order chi connectivity index (χ1) is 14.9. The minimum absolute atomic E-state index is 0.218. The summed E-state index contributed by atoms with van der Waals surface area (Å²) in [5, 5.41) is 12.3. The average molecular weight is 430 g/mol. The van der Waals surface area contributed by atoms with E-state index in [2.05, 4.69) is 5.32 Å². The zero-order valence-corrected chi connectivity index (χ0v) is 17.7. The molecule has 3 rings (SSSR count). The van der Waals surface area contributed by atoms with Gasteiger partial charge in [0.05, 0.1) is 25.7 Å². The topological polar surface area (TPSA) is 88.1 Å². The third kappa shape index (κ3) is 5.45. The lowest BCUT2D eigenvalue weighted by molar-refractivity contribution is -0.138. The summed E-state index contributed by atoms with van der Waals surface area (Å²) in [5.74, 6) is -0.194. The fourth-order valence-corrected chi connectivity index (χ4v) is 3.76. The van der Waals surface area contributed by atoms with Gasteiger partial charge in [0.25, 0.3) is 0 Å². The number of carboxylic acid groups (broad SMARTS) is 1. The van der Waals surface area contributed by atoms with Crippen LogP contribution in [0.25, 0.3) is 0 Å². The number of carboxylic acids is 1. The van der Waals surface area contributed by atoms with Crippen molar-refractivity contribution in [1.82, 2.24) is 10.2 Å². The normalized spacial score (nSPS) is 15.2. The highest BCUT2D eigenvalue weighted by Crippen LogP contribution is 2.39. The highest BCUT2D eigenvalue weighted by molar-refractivity contribution is 5.77. The van der Waals surface area contributed by atoms with Crippen LogP contribution in [0.2, 0.25) is 0 Å². The molecule has 7 nitrogen and oxygen atoms in total. The molecule has 0 unspecified atom stereocenters. The van der Waals surface area contributed by atoms with Crippen molar-refractivity contribution >= 4 is 12.0 Å². The number of amides is 2. The minimum atomic E-state index is -0.999. The van der Waals surface area contributed by atoms with Crippen molar-refractivity contribution < 1.29 is 28.6 Å². The quantitative estimate of drug-likeness (QED) is 0.663. The third-order valence-corrected chi connectivity index (χ3v) is 5.15. The first-order valence-corrected chi connectivity index (χ1v) is 10.4. The highest BCUT2D eigenvalue weighted by atomic mass is 19.1. The molecule has 0 bridgehead atoms. The van der Waals surface area contributed by atoms with Gasteiger partial charge in [-0.05, 0) is 61.2 Å². The van der Waals surface area contributed by atoms with Gasteiger partial charge in [-0.1, -0.05) is 12.1 Å². The van der Waals surface area contributed by atoms with Gasteiger partial charge in [0.1, 0.15) is 5.82 Å². The number of carbonyl (C=O) groups is 2. The highest BCUT2D eigenvalue weighted by Gasteiger charge is 2.33. The molecule has 2 amide bonds. The van der Waals surface area contributed by atoms with Crippen LogP contribution in [0, 0.1) is 5.82 Å². The molecule has 166 valence electrons. The molecule has 1 atom stereocenters.